The lowest BCUT2D eigenvalue weighted by Crippen LogP contribution is -2.38. The number of aliphatic hydroxyl groups is 1. The number of carbonyl (C=O) groups is 1. The predicted molar refractivity (Wildman–Crippen MR) is 75.6 cm³/mol. The van der Waals surface area contributed by atoms with Crippen LogP contribution in [-0.2, 0) is 0 Å². The van der Waals surface area contributed by atoms with Gasteiger partial charge in [0.25, 0.3) is 5.91 Å². The summed E-state index contributed by atoms with van der Waals surface area (Å²) in [5.74, 6) is 0.530. The van der Waals surface area contributed by atoms with E-state index in [4.69, 9.17) is 9.47 Å². The molecule has 19 heavy (non-hydrogen) atoms. The summed E-state index contributed by atoms with van der Waals surface area (Å²) in [4.78, 5) is 12.1. The Balaban J connectivity index is 3.03. The van der Waals surface area contributed by atoms with Crippen molar-refractivity contribution in [2.24, 2.45) is 5.92 Å². The lowest BCUT2D eigenvalue weighted by atomic mass is 10.1. The zero-order chi connectivity index (χ0) is 14.6. The van der Waals surface area contributed by atoms with Gasteiger partial charge in [0.05, 0.1) is 19.8 Å². The van der Waals surface area contributed by atoms with E-state index in [2.05, 4.69) is 21.2 Å². The van der Waals surface area contributed by atoms with E-state index in [0.29, 0.717) is 21.5 Å². The molecule has 1 amide bonds. The van der Waals surface area contributed by atoms with Crippen molar-refractivity contribution in [3.8, 4) is 11.5 Å². The highest BCUT2D eigenvalue weighted by atomic mass is 79.9. The van der Waals surface area contributed by atoms with Gasteiger partial charge in [0.15, 0.2) is 11.5 Å². The Kier molecular flexibility index (Phi) is 5.62. The fourth-order valence-corrected chi connectivity index (χ4v) is 1.91. The average Bonchev–Trinajstić information content (AvgIpc) is 2.37. The van der Waals surface area contributed by atoms with Crippen LogP contribution in [0.4, 0.5) is 0 Å². The van der Waals surface area contributed by atoms with Gasteiger partial charge in [-0.1, -0.05) is 13.8 Å². The van der Waals surface area contributed by atoms with Gasteiger partial charge in [-0.05, 0) is 34.0 Å². The molecular weight excluding hydrogens is 314 g/mol. The summed E-state index contributed by atoms with van der Waals surface area (Å²) < 4.78 is 10.8. The molecule has 0 saturated carbocycles. The second-order valence-electron chi connectivity index (χ2n) is 4.35. The Labute approximate surface area is 121 Å². The summed E-state index contributed by atoms with van der Waals surface area (Å²) in [6.45, 7) is 3.63. The minimum absolute atomic E-state index is 0.0668. The van der Waals surface area contributed by atoms with Gasteiger partial charge in [0, 0.05) is 4.47 Å². The number of halogens is 1. The largest absolute Gasteiger partial charge is 0.493 e. The monoisotopic (exact) mass is 331 g/mol. The molecular formula is C13H18BrNO4. The molecule has 2 N–H and O–H groups in total. The van der Waals surface area contributed by atoms with Crippen molar-refractivity contribution >= 4 is 21.8 Å². The molecule has 0 aliphatic rings. The highest BCUT2D eigenvalue weighted by Crippen LogP contribution is 2.33. The summed E-state index contributed by atoms with van der Waals surface area (Å²) in [5, 5.41) is 12.2. The number of aliphatic hydroxyl groups excluding tert-OH is 1. The third kappa shape index (κ3) is 3.84. The number of nitrogens with one attached hydrogen (secondary N) is 1. The molecule has 0 spiro atoms. The maximum Gasteiger partial charge on any atom is 0.254 e. The molecule has 1 aromatic carbocycles. The molecule has 106 valence electrons. The maximum absolute atomic E-state index is 12.1. The Hall–Kier alpha value is -1.27. The zero-order valence-corrected chi connectivity index (χ0v) is 12.9. The van der Waals surface area contributed by atoms with Gasteiger partial charge in [0.1, 0.15) is 6.23 Å². The van der Waals surface area contributed by atoms with E-state index in [1.165, 1.54) is 14.2 Å². The van der Waals surface area contributed by atoms with Crippen LogP contribution < -0.4 is 14.8 Å². The van der Waals surface area contributed by atoms with Crippen molar-refractivity contribution in [3.05, 3.63) is 22.2 Å². The van der Waals surface area contributed by atoms with Crippen LogP contribution in [0.25, 0.3) is 0 Å². The quantitative estimate of drug-likeness (QED) is 0.811. The highest BCUT2D eigenvalue weighted by Gasteiger charge is 2.18. The molecule has 1 atom stereocenters. The topological polar surface area (TPSA) is 67.8 Å². The first-order valence-electron chi connectivity index (χ1n) is 5.81. The number of methoxy groups -OCH3 is 2. The van der Waals surface area contributed by atoms with Gasteiger partial charge < -0.3 is 19.9 Å². The van der Waals surface area contributed by atoms with E-state index >= 15 is 0 Å². The number of benzene rings is 1. The SMILES string of the molecule is COc1cc(Br)c(C(=O)NC(O)C(C)C)cc1OC. The third-order valence-electron chi connectivity index (χ3n) is 2.63. The average molecular weight is 332 g/mol. The molecule has 1 aromatic rings. The minimum atomic E-state index is -0.896. The molecule has 1 unspecified atom stereocenters. The Morgan fingerprint density at radius 3 is 2.26 bits per heavy atom. The predicted octanol–water partition coefficient (Wildman–Crippen LogP) is 2.17. The van der Waals surface area contributed by atoms with Crippen LogP contribution in [0.3, 0.4) is 0 Å². The van der Waals surface area contributed by atoms with E-state index in [9.17, 15) is 9.90 Å². The standard InChI is InChI=1S/C13H18BrNO4/c1-7(2)12(16)15-13(17)8-5-10(18-3)11(19-4)6-9(8)14/h5-7,12,16H,1-4H3,(H,15,17). The number of hydrogen-bond donors (Lipinski definition) is 2. The van der Waals surface area contributed by atoms with Crippen molar-refractivity contribution in [2.75, 3.05) is 14.2 Å². The highest BCUT2D eigenvalue weighted by molar-refractivity contribution is 9.10. The first kappa shape index (κ1) is 15.8. The van der Waals surface area contributed by atoms with Gasteiger partial charge in [-0.3, -0.25) is 4.79 Å². The van der Waals surface area contributed by atoms with Crippen molar-refractivity contribution in [1.29, 1.82) is 0 Å². The van der Waals surface area contributed by atoms with Crippen molar-refractivity contribution in [2.45, 2.75) is 20.1 Å². The fourth-order valence-electron chi connectivity index (χ4n) is 1.41. The molecule has 0 aliphatic heterocycles. The van der Waals surface area contributed by atoms with Crippen LogP contribution >= 0.6 is 15.9 Å². The number of amides is 1. The molecule has 5 nitrogen and oxygen atoms in total. The van der Waals surface area contributed by atoms with E-state index in [0.717, 1.165) is 0 Å². The van der Waals surface area contributed by atoms with Crippen LogP contribution in [0, 0.1) is 5.92 Å². The van der Waals surface area contributed by atoms with Crippen LogP contribution in [0.1, 0.15) is 24.2 Å². The Bertz CT molecular complexity index is 462. The zero-order valence-electron chi connectivity index (χ0n) is 11.4. The van der Waals surface area contributed by atoms with Crippen molar-refractivity contribution in [1.82, 2.24) is 5.32 Å². The van der Waals surface area contributed by atoms with Crippen LogP contribution in [0.5, 0.6) is 11.5 Å². The first-order valence-corrected chi connectivity index (χ1v) is 6.60. The van der Waals surface area contributed by atoms with Crippen molar-refractivity contribution < 1.29 is 19.4 Å². The summed E-state index contributed by atoms with van der Waals surface area (Å²) >= 11 is 3.30. The third-order valence-corrected chi connectivity index (χ3v) is 3.28. The number of carbonyl (C=O) groups excluding carboxylic acids is 1. The Morgan fingerprint density at radius 2 is 1.79 bits per heavy atom. The molecule has 0 heterocycles. The second kappa shape index (κ2) is 6.77. The molecule has 0 fully saturated rings. The van der Waals surface area contributed by atoms with E-state index in [1.807, 2.05) is 13.8 Å². The van der Waals surface area contributed by atoms with Gasteiger partial charge >= 0.3 is 0 Å². The molecule has 6 heteroatoms. The van der Waals surface area contributed by atoms with Crippen LogP contribution in [0.2, 0.25) is 0 Å². The molecule has 0 radical (unpaired) electrons. The Morgan fingerprint density at radius 1 is 1.26 bits per heavy atom. The normalized spacial score (nSPS) is 12.2. The van der Waals surface area contributed by atoms with E-state index in [1.54, 1.807) is 12.1 Å². The minimum Gasteiger partial charge on any atom is -0.493 e. The maximum atomic E-state index is 12.1. The molecule has 1 rings (SSSR count). The lowest BCUT2D eigenvalue weighted by Gasteiger charge is -2.17. The van der Waals surface area contributed by atoms with Crippen molar-refractivity contribution in [3.63, 3.8) is 0 Å². The van der Waals surface area contributed by atoms with E-state index in [-0.39, 0.29) is 11.8 Å². The molecule has 0 saturated heterocycles. The lowest BCUT2D eigenvalue weighted by molar-refractivity contribution is 0.0646. The smallest absolute Gasteiger partial charge is 0.254 e. The summed E-state index contributed by atoms with van der Waals surface area (Å²) in [6, 6.07) is 3.21. The number of rotatable bonds is 5. The van der Waals surface area contributed by atoms with E-state index < -0.39 is 6.23 Å². The number of hydrogen-bond acceptors (Lipinski definition) is 4. The van der Waals surface area contributed by atoms with Gasteiger partial charge in [0.2, 0.25) is 0 Å². The molecule has 0 bridgehead atoms. The first-order chi connectivity index (χ1) is 8.90. The van der Waals surface area contributed by atoms with Crippen LogP contribution in [0.15, 0.2) is 16.6 Å². The molecule has 0 aromatic heterocycles. The van der Waals surface area contributed by atoms with Gasteiger partial charge in [-0.25, -0.2) is 0 Å². The van der Waals surface area contributed by atoms with Crippen LogP contribution in [-0.4, -0.2) is 31.5 Å². The summed E-state index contributed by atoms with van der Waals surface area (Å²) in [6.07, 6.45) is -0.896. The summed E-state index contributed by atoms with van der Waals surface area (Å²) in [5.41, 5.74) is 0.373. The second-order valence-corrected chi connectivity index (χ2v) is 5.20. The van der Waals surface area contributed by atoms with Gasteiger partial charge in [-0.15, -0.1) is 0 Å². The summed E-state index contributed by atoms with van der Waals surface area (Å²) in [7, 11) is 3.02. The fraction of sp³-hybridized carbons (Fsp3) is 0.462. The van der Waals surface area contributed by atoms with Gasteiger partial charge in [-0.2, -0.15) is 0 Å². The molecule has 0 aliphatic carbocycles. The number of ether oxygens (including phenoxy) is 2.